The standard InChI is InChI=1S/C17H14N4/c18-12-14-2-4-15(5-3-14)13-19-16-6-8-17(9-7-16)21-11-1-10-20-21/h1-11,19H,13H2. The summed E-state index contributed by atoms with van der Waals surface area (Å²) in [6.45, 7) is 0.729. The highest BCUT2D eigenvalue weighted by molar-refractivity contribution is 5.49. The molecule has 0 aliphatic carbocycles. The molecular weight excluding hydrogens is 260 g/mol. The van der Waals surface area contributed by atoms with Crippen LogP contribution in [0, 0.1) is 11.3 Å². The highest BCUT2D eigenvalue weighted by atomic mass is 15.3. The minimum Gasteiger partial charge on any atom is -0.381 e. The zero-order valence-electron chi connectivity index (χ0n) is 11.4. The Bertz CT molecular complexity index is 735. The summed E-state index contributed by atoms with van der Waals surface area (Å²) >= 11 is 0. The second-order valence-corrected chi connectivity index (χ2v) is 4.66. The molecule has 3 aromatic rings. The van der Waals surface area contributed by atoms with Gasteiger partial charge in [-0.05, 0) is 48.0 Å². The molecule has 0 amide bonds. The van der Waals surface area contributed by atoms with Crippen LogP contribution in [0.4, 0.5) is 5.69 Å². The van der Waals surface area contributed by atoms with E-state index in [1.165, 1.54) is 0 Å². The number of rotatable bonds is 4. The maximum atomic E-state index is 8.77. The normalized spacial score (nSPS) is 10.0. The smallest absolute Gasteiger partial charge is 0.0991 e. The van der Waals surface area contributed by atoms with Crippen molar-refractivity contribution in [2.45, 2.75) is 6.54 Å². The average molecular weight is 274 g/mol. The third kappa shape index (κ3) is 3.10. The summed E-state index contributed by atoms with van der Waals surface area (Å²) in [5, 5.41) is 16.3. The van der Waals surface area contributed by atoms with Gasteiger partial charge in [-0.3, -0.25) is 0 Å². The van der Waals surface area contributed by atoms with E-state index < -0.39 is 0 Å². The van der Waals surface area contributed by atoms with Crippen molar-refractivity contribution in [3.63, 3.8) is 0 Å². The molecule has 0 fully saturated rings. The Balaban J connectivity index is 1.64. The molecule has 0 saturated carbocycles. The number of benzene rings is 2. The molecule has 0 unspecified atom stereocenters. The van der Waals surface area contributed by atoms with Gasteiger partial charge in [0.2, 0.25) is 0 Å². The fourth-order valence-electron chi connectivity index (χ4n) is 2.05. The molecule has 0 aliphatic rings. The molecule has 4 heteroatoms. The van der Waals surface area contributed by atoms with Gasteiger partial charge >= 0.3 is 0 Å². The second kappa shape index (κ2) is 5.93. The summed E-state index contributed by atoms with van der Waals surface area (Å²) in [5.74, 6) is 0. The Kier molecular flexibility index (Phi) is 3.66. The van der Waals surface area contributed by atoms with E-state index in [0.717, 1.165) is 23.5 Å². The maximum absolute atomic E-state index is 8.77. The van der Waals surface area contributed by atoms with Crippen LogP contribution in [0.2, 0.25) is 0 Å². The molecular formula is C17H14N4. The highest BCUT2D eigenvalue weighted by Gasteiger charge is 1.98. The van der Waals surface area contributed by atoms with Gasteiger partial charge in [0.25, 0.3) is 0 Å². The third-order valence-corrected chi connectivity index (χ3v) is 3.22. The number of nitriles is 1. The Morgan fingerprint density at radius 2 is 1.81 bits per heavy atom. The maximum Gasteiger partial charge on any atom is 0.0991 e. The van der Waals surface area contributed by atoms with Gasteiger partial charge in [0.15, 0.2) is 0 Å². The van der Waals surface area contributed by atoms with Crippen molar-refractivity contribution in [3.8, 4) is 11.8 Å². The first-order valence-electron chi connectivity index (χ1n) is 6.68. The van der Waals surface area contributed by atoms with E-state index in [1.54, 1.807) is 6.20 Å². The third-order valence-electron chi connectivity index (χ3n) is 3.22. The minimum atomic E-state index is 0.683. The van der Waals surface area contributed by atoms with Crippen LogP contribution in [0.25, 0.3) is 5.69 Å². The summed E-state index contributed by atoms with van der Waals surface area (Å²) in [6.07, 6.45) is 3.68. The van der Waals surface area contributed by atoms with Gasteiger partial charge in [-0.2, -0.15) is 10.4 Å². The molecule has 0 radical (unpaired) electrons. The van der Waals surface area contributed by atoms with Crippen LogP contribution in [-0.4, -0.2) is 9.78 Å². The zero-order chi connectivity index (χ0) is 14.5. The number of nitrogens with zero attached hydrogens (tertiary/aromatic N) is 3. The van der Waals surface area contributed by atoms with E-state index in [0.29, 0.717) is 5.56 Å². The summed E-state index contributed by atoms with van der Waals surface area (Å²) < 4.78 is 1.82. The van der Waals surface area contributed by atoms with Crippen LogP contribution in [0.1, 0.15) is 11.1 Å². The zero-order valence-corrected chi connectivity index (χ0v) is 11.4. The molecule has 3 rings (SSSR count). The minimum absolute atomic E-state index is 0.683. The summed E-state index contributed by atoms with van der Waals surface area (Å²) in [7, 11) is 0. The Morgan fingerprint density at radius 3 is 2.43 bits per heavy atom. The van der Waals surface area contributed by atoms with Gasteiger partial charge in [0.05, 0.1) is 17.3 Å². The number of anilines is 1. The molecule has 0 spiro atoms. The molecule has 4 nitrogen and oxygen atoms in total. The fourth-order valence-corrected chi connectivity index (χ4v) is 2.05. The quantitative estimate of drug-likeness (QED) is 0.793. The largest absolute Gasteiger partial charge is 0.381 e. The van der Waals surface area contributed by atoms with Gasteiger partial charge < -0.3 is 5.32 Å². The molecule has 2 aromatic carbocycles. The Morgan fingerprint density at radius 1 is 1.05 bits per heavy atom. The summed E-state index contributed by atoms with van der Waals surface area (Å²) in [6, 6.07) is 19.7. The van der Waals surface area contributed by atoms with Crippen molar-refractivity contribution in [3.05, 3.63) is 78.1 Å². The molecule has 0 bridgehead atoms. The van der Waals surface area contributed by atoms with Crippen molar-refractivity contribution in [2.75, 3.05) is 5.32 Å². The van der Waals surface area contributed by atoms with E-state index in [9.17, 15) is 0 Å². The predicted molar refractivity (Wildman–Crippen MR) is 82.0 cm³/mol. The van der Waals surface area contributed by atoms with Gasteiger partial charge in [0, 0.05) is 24.6 Å². The molecule has 0 aliphatic heterocycles. The molecule has 1 heterocycles. The fraction of sp³-hybridized carbons (Fsp3) is 0.0588. The lowest BCUT2D eigenvalue weighted by Crippen LogP contribution is -2.00. The SMILES string of the molecule is N#Cc1ccc(CNc2ccc(-n3cccn3)cc2)cc1. The van der Waals surface area contributed by atoms with E-state index >= 15 is 0 Å². The van der Waals surface area contributed by atoms with Crippen molar-refractivity contribution >= 4 is 5.69 Å². The summed E-state index contributed by atoms with van der Waals surface area (Å²) in [4.78, 5) is 0. The molecule has 0 saturated heterocycles. The number of hydrogen-bond donors (Lipinski definition) is 1. The summed E-state index contributed by atoms with van der Waals surface area (Å²) in [5.41, 5.74) is 3.91. The Labute approximate surface area is 123 Å². The van der Waals surface area contributed by atoms with Crippen molar-refractivity contribution in [2.24, 2.45) is 0 Å². The van der Waals surface area contributed by atoms with E-state index in [1.807, 2.05) is 65.5 Å². The number of nitrogens with one attached hydrogen (secondary N) is 1. The first-order valence-corrected chi connectivity index (χ1v) is 6.68. The lowest BCUT2D eigenvalue weighted by molar-refractivity contribution is 0.880. The first kappa shape index (κ1) is 12.9. The van der Waals surface area contributed by atoms with Gasteiger partial charge in [-0.1, -0.05) is 12.1 Å². The Hall–Kier alpha value is -3.06. The number of aromatic nitrogens is 2. The lowest BCUT2D eigenvalue weighted by Gasteiger charge is -2.08. The first-order chi connectivity index (χ1) is 10.3. The van der Waals surface area contributed by atoms with E-state index in [-0.39, 0.29) is 0 Å². The molecule has 1 aromatic heterocycles. The molecule has 1 N–H and O–H groups in total. The molecule has 0 atom stereocenters. The van der Waals surface area contributed by atoms with Crippen molar-refractivity contribution in [1.82, 2.24) is 9.78 Å². The van der Waals surface area contributed by atoms with Gasteiger partial charge in [0.1, 0.15) is 0 Å². The van der Waals surface area contributed by atoms with Crippen molar-refractivity contribution < 1.29 is 0 Å². The van der Waals surface area contributed by atoms with Crippen LogP contribution < -0.4 is 5.32 Å². The lowest BCUT2D eigenvalue weighted by atomic mass is 10.1. The van der Waals surface area contributed by atoms with Crippen LogP contribution in [0.3, 0.4) is 0 Å². The predicted octanol–water partition coefficient (Wildman–Crippen LogP) is 3.36. The highest BCUT2D eigenvalue weighted by Crippen LogP contribution is 2.14. The monoisotopic (exact) mass is 274 g/mol. The van der Waals surface area contributed by atoms with Crippen LogP contribution in [-0.2, 0) is 6.54 Å². The molecule has 102 valence electrons. The van der Waals surface area contributed by atoms with Crippen molar-refractivity contribution in [1.29, 1.82) is 5.26 Å². The van der Waals surface area contributed by atoms with Gasteiger partial charge in [-0.15, -0.1) is 0 Å². The van der Waals surface area contributed by atoms with Gasteiger partial charge in [-0.25, -0.2) is 4.68 Å². The van der Waals surface area contributed by atoms with Crippen LogP contribution in [0.15, 0.2) is 67.0 Å². The van der Waals surface area contributed by atoms with E-state index in [2.05, 4.69) is 16.5 Å². The second-order valence-electron chi connectivity index (χ2n) is 4.66. The molecule has 21 heavy (non-hydrogen) atoms. The van der Waals surface area contributed by atoms with E-state index in [4.69, 9.17) is 5.26 Å². The van der Waals surface area contributed by atoms with Crippen LogP contribution >= 0.6 is 0 Å². The average Bonchev–Trinajstić information content (AvgIpc) is 3.08. The topological polar surface area (TPSA) is 53.6 Å². The number of hydrogen-bond acceptors (Lipinski definition) is 3. The van der Waals surface area contributed by atoms with Crippen LogP contribution in [0.5, 0.6) is 0 Å².